The summed E-state index contributed by atoms with van der Waals surface area (Å²) < 4.78 is 1.22. The van der Waals surface area contributed by atoms with Crippen LogP contribution in [0.2, 0.25) is 0 Å². The summed E-state index contributed by atoms with van der Waals surface area (Å²) in [7, 11) is 1.99. The van der Waals surface area contributed by atoms with Gasteiger partial charge < -0.3 is 10.2 Å². The van der Waals surface area contributed by atoms with Crippen LogP contribution in [0, 0.1) is 5.92 Å². The van der Waals surface area contributed by atoms with Crippen LogP contribution >= 0.6 is 15.9 Å². The molecule has 1 aromatic rings. The lowest BCUT2D eigenvalue weighted by Gasteiger charge is -2.23. The molecule has 2 rings (SSSR count). The Balaban J connectivity index is 2.07. The number of hydrogen-bond acceptors (Lipinski definition) is 2. The molecule has 1 aliphatic heterocycles. The summed E-state index contributed by atoms with van der Waals surface area (Å²) in [5, 5.41) is 3.20. The summed E-state index contributed by atoms with van der Waals surface area (Å²) in [4.78, 5) is 2.55. The smallest absolute Gasteiger partial charge is 0.0377 e. The largest absolute Gasteiger partial charge is 0.371 e. The highest BCUT2D eigenvalue weighted by molar-refractivity contribution is 9.10. The molecular weight excluding hydrogens is 300 g/mol. The zero-order valence-corrected chi connectivity index (χ0v) is 13.7. The predicted molar refractivity (Wildman–Crippen MR) is 86.8 cm³/mol. The lowest BCUT2D eigenvalue weighted by Crippen LogP contribution is -2.24. The molecule has 1 aromatic carbocycles. The number of benzene rings is 1. The Morgan fingerprint density at radius 3 is 2.84 bits per heavy atom. The molecule has 1 aliphatic rings. The van der Waals surface area contributed by atoms with Gasteiger partial charge in [0.2, 0.25) is 0 Å². The van der Waals surface area contributed by atoms with Crippen molar-refractivity contribution in [3.8, 4) is 0 Å². The van der Waals surface area contributed by atoms with Gasteiger partial charge in [-0.1, -0.05) is 35.3 Å². The van der Waals surface area contributed by atoms with Crippen molar-refractivity contribution in [2.24, 2.45) is 5.92 Å². The molecule has 1 N–H and O–H groups in total. The van der Waals surface area contributed by atoms with E-state index in [1.165, 1.54) is 54.5 Å². The second kappa shape index (κ2) is 7.30. The van der Waals surface area contributed by atoms with Gasteiger partial charge in [-0.2, -0.15) is 0 Å². The van der Waals surface area contributed by atoms with Gasteiger partial charge in [-0.15, -0.1) is 0 Å². The third kappa shape index (κ3) is 3.96. The monoisotopic (exact) mass is 324 g/mol. The average molecular weight is 325 g/mol. The molecule has 0 radical (unpaired) electrons. The van der Waals surface area contributed by atoms with Crippen LogP contribution in [0.3, 0.4) is 0 Å². The number of rotatable bonds is 4. The number of nitrogens with zero attached hydrogens (tertiary/aromatic N) is 1. The Morgan fingerprint density at radius 2 is 2.16 bits per heavy atom. The van der Waals surface area contributed by atoms with E-state index in [0.29, 0.717) is 0 Å². The Bertz CT molecular complexity index is 406. The first-order valence-corrected chi connectivity index (χ1v) is 8.22. The van der Waals surface area contributed by atoms with E-state index in [1.807, 2.05) is 7.05 Å². The van der Waals surface area contributed by atoms with Crippen LogP contribution in [0.4, 0.5) is 5.69 Å². The fraction of sp³-hybridized carbons (Fsp3) is 0.625. The minimum Gasteiger partial charge on any atom is -0.371 e. The molecule has 0 aromatic heterocycles. The van der Waals surface area contributed by atoms with Crippen molar-refractivity contribution in [3.05, 3.63) is 28.2 Å². The Kier molecular flexibility index (Phi) is 5.71. The zero-order chi connectivity index (χ0) is 13.7. The van der Waals surface area contributed by atoms with Crippen LogP contribution in [0.25, 0.3) is 0 Å². The fourth-order valence-electron chi connectivity index (χ4n) is 2.90. The maximum Gasteiger partial charge on any atom is 0.0377 e. The molecule has 19 heavy (non-hydrogen) atoms. The summed E-state index contributed by atoms with van der Waals surface area (Å²) in [5.41, 5.74) is 2.69. The Hall–Kier alpha value is -0.540. The van der Waals surface area contributed by atoms with Crippen LogP contribution in [0.1, 0.15) is 38.2 Å². The maximum absolute atomic E-state index is 3.69. The van der Waals surface area contributed by atoms with Gasteiger partial charge in [0, 0.05) is 29.8 Å². The SMILES string of the molecule is CCC1CCCN(c2ccc(CNC)c(Br)c2)CC1. The van der Waals surface area contributed by atoms with Crippen molar-refractivity contribution >= 4 is 21.6 Å². The van der Waals surface area contributed by atoms with E-state index in [2.05, 4.69) is 51.3 Å². The van der Waals surface area contributed by atoms with Crippen molar-refractivity contribution < 1.29 is 0 Å². The first-order valence-electron chi connectivity index (χ1n) is 7.42. The molecule has 0 saturated carbocycles. The number of nitrogens with one attached hydrogen (secondary N) is 1. The molecular formula is C16H25BrN2. The van der Waals surface area contributed by atoms with Crippen molar-refractivity contribution in [1.29, 1.82) is 0 Å². The molecule has 3 heteroatoms. The van der Waals surface area contributed by atoms with Crippen LogP contribution < -0.4 is 10.2 Å². The van der Waals surface area contributed by atoms with E-state index >= 15 is 0 Å². The second-order valence-corrected chi connectivity index (χ2v) is 6.35. The standard InChI is InChI=1S/C16H25BrN2/c1-3-13-5-4-9-19(10-8-13)15-7-6-14(12-18-2)16(17)11-15/h6-7,11,13,18H,3-5,8-10,12H2,1-2H3. The molecule has 1 saturated heterocycles. The van der Waals surface area contributed by atoms with Gasteiger partial charge in [-0.3, -0.25) is 0 Å². The number of anilines is 1. The second-order valence-electron chi connectivity index (χ2n) is 5.50. The lowest BCUT2D eigenvalue weighted by molar-refractivity contribution is 0.459. The highest BCUT2D eigenvalue weighted by Gasteiger charge is 2.16. The zero-order valence-electron chi connectivity index (χ0n) is 12.1. The van der Waals surface area contributed by atoms with Crippen LogP contribution in [-0.4, -0.2) is 20.1 Å². The predicted octanol–water partition coefficient (Wildman–Crippen LogP) is 4.19. The molecule has 106 valence electrons. The van der Waals surface area contributed by atoms with Gasteiger partial charge in [-0.25, -0.2) is 0 Å². The van der Waals surface area contributed by atoms with E-state index in [0.717, 1.165) is 12.5 Å². The first kappa shape index (κ1) is 14.9. The van der Waals surface area contributed by atoms with Gasteiger partial charge in [0.1, 0.15) is 0 Å². The van der Waals surface area contributed by atoms with Gasteiger partial charge in [0.05, 0.1) is 0 Å². The van der Waals surface area contributed by atoms with Gasteiger partial charge in [-0.05, 0) is 49.9 Å². The van der Waals surface area contributed by atoms with E-state index in [-0.39, 0.29) is 0 Å². The maximum atomic E-state index is 3.69. The molecule has 1 fully saturated rings. The summed E-state index contributed by atoms with van der Waals surface area (Å²) >= 11 is 3.69. The number of hydrogen-bond donors (Lipinski definition) is 1. The minimum absolute atomic E-state index is 0.915. The lowest BCUT2D eigenvalue weighted by atomic mass is 9.98. The summed E-state index contributed by atoms with van der Waals surface area (Å²) in [6.45, 7) is 5.65. The highest BCUT2D eigenvalue weighted by atomic mass is 79.9. The molecule has 0 amide bonds. The van der Waals surface area contributed by atoms with E-state index in [1.54, 1.807) is 0 Å². The summed E-state index contributed by atoms with van der Waals surface area (Å²) in [5.74, 6) is 0.928. The number of halogens is 1. The third-order valence-corrected chi connectivity index (χ3v) is 4.93. The van der Waals surface area contributed by atoms with Crippen molar-refractivity contribution in [2.45, 2.75) is 39.2 Å². The van der Waals surface area contributed by atoms with E-state index in [9.17, 15) is 0 Å². The molecule has 0 aliphatic carbocycles. The van der Waals surface area contributed by atoms with Crippen LogP contribution in [0.15, 0.2) is 22.7 Å². The average Bonchev–Trinajstić information content (AvgIpc) is 2.66. The highest BCUT2D eigenvalue weighted by Crippen LogP contribution is 2.28. The minimum atomic E-state index is 0.915. The molecule has 2 nitrogen and oxygen atoms in total. The summed E-state index contributed by atoms with van der Waals surface area (Å²) in [6, 6.07) is 6.78. The van der Waals surface area contributed by atoms with E-state index in [4.69, 9.17) is 0 Å². The fourth-order valence-corrected chi connectivity index (χ4v) is 3.41. The molecule has 0 spiro atoms. The normalized spacial score (nSPS) is 20.4. The van der Waals surface area contributed by atoms with Gasteiger partial charge in [0.15, 0.2) is 0 Å². The molecule has 1 heterocycles. The van der Waals surface area contributed by atoms with Crippen molar-refractivity contribution in [2.75, 3.05) is 25.0 Å². The molecule has 0 bridgehead atoms. The van der Waals surface area contributed by atoms with Crippen molar-refractivity contribution in [3.63, 3.8) is 0 Å². The molecule has 1 unspecified atom stereocenters. The quantitative estimate of drug-likeness (QED) is 0.893. The van der Waals surface area contributed by atoms with Gasteiger partial charge in [0.25, 0.3) is 0 Å². The van der Waals surface area contributed by atoms with Crippen LogP contribution in [0.5, 0.6) is 0 Å². The van der Waals surface area contributed by atoms with E-state index < -0.39 is 0 Å². The Morgan fingerprint density at radius 1 is 1.32 bits per heavy atom. The first-order chi connectivity index (χ1) is 9.24. The van der Waals surface area contributed by atoms with Gasteiger partial charge >= 0.3 is 0 Å². The van der Waals surface area contributed by atoms with Crippen molar-refractivity contribution in [1.82, 2.24) is 5.32 Å². The van der Waals surface area contributed by atoms with Crippen LogP contribution in [-0.2, 0) is 6.54 Å². The topological polar surface area (TPSA) is 15.3 Å². The molecule has 1 atom stereocenters. The third-order valence-electron chi connectivity index (χ3n) is 4.19. The summed E-state index contributed by atoms with van der Waals surface area (Å²) in [6.07, 6.45) is 5.39. The Labute approximate surface area is 125 Å².